The van der Waals surface area contributed by atoms with Gasteiger partial charge in [0.25, 0.3) is 0 Å². The van der Waals surface area contributed by atoms with Gasteiger partial charge in [-0.15, -0.1) is 0 Å². The summed E-state index contributed by atoms with van der Waals surface area (Å²) in [4.78, 5) is 11.6. The van der Waals surface area contributed by atoms with Crippen molar-refractivity contribution in [3.05, 3.63) is 40.4 Å². The third-order valence-corrected chi connectivity index (χ3v) is 6.35. The first-order valence-corrected chi connectivity index (χ1v) is 10.8. The molecule has 0 radical (unpaired) electrons. The van der Waals surface area contributed by atoms with E-state index in [0.717, 1.165) is 45.8 Å². The van der Waals surface area contributed by atoms with Crippen LogP contribution in [0.5, 0.6) is 5.75 Å². The number of hydrogen-bond donors (Lipinski definition) is 1. The maximum Gasteiger partial charge on any atom is 0.405 e. The minimum absolute atomic E-state index is 0.0252. The van der Waals surface area contributed by atoms with E-state index in [1.165, 1.54) is 0 Å². The first-order chi connectivity index (χ1) is 13.7. The lowest BCUT2D eigenvalue weighted by atomic mass is 9.71. The van der Waals surface area contributed by atoms with Crippen molar-refractivity contribution in [1.82, 2.24) is 0 Å². The molecule has 1 amide bonds. The molecule has 3 rings (SSSR count). The van der Waals surface area contributed by atoms with E-state index in [1.54, 1.807) is 7.11 Å². The summed E-state index contributed by atoms with van der Waals surface area (Å²) in [6, 6.07) is 10.3. The van der Waals surface area contributed by atoms with Gasteiger partial charge in [-0.05, 0) is 51.2 Å². The van der Waals surface area contributed by atoms with Crippen molar-refractivity contribution in [2.24, 2.45) is 11.1 Å². The fourth-order valence-corrected chi connectivity index (χ4v) is 5.04. The maximum atomic E-state index is 11.6. The number of ether oxygens (including phenoxy) is 3. The molecule has 1 aliphatic carbocycles. The van der Waals surface area contributed by atoms with Crippen LogP contribution >= 0.6 is 15.9 Å². The highest BCUT2D eigenvalue weighted by atomic mass is 79.9. The second kappa shape index (κ2) is 8.52. The molecule has 0 bridgehead atoms. The van der Waals surface area contributed by atoms with Crippen molar-refractivity contribution in [1.29, 1.82) is 0 Å². The van der Waals surface area contributed by atoms with Crippen LogP contribution in [0.15, 0.2) is 34.8 Å². The molecule has 0 aliphatic heterocycles. The summed E-state index contributed by atoms with van der Waals surface area (Å²) >= 11 is 3.84. The van der Waals surface area contributed by atoms with E-state index >= 15 is 0 Å². The molecule has 6 heteroatoms. The number of hydrogen-bond acceptors (Lipinski definition) is 4. The molecule has 0 spiro atoms. The van der Waals surface area contributed by atoms with Crippen molar-refractivity contribution in [2.75, 3.05) is 20.3 Å². The third-order valence-electron chi connectivity index (χ3n) is 5.47. The van der Waals surface area contributed by atoms with Crippen molar-refractivity contribution < 1.29 is 19.0 Å². The number of carbonyl (C=O) groups is 1. The minimum Gasteiger partial charge on any atom is -0.493 e. The Labute approximate surface area is 181 Å². The number of fused-ring (bicyclic) bond motifs is 1. The Morgan fingerprint density at radius 2 is 1.86 bits per heavy atom. The third kappa shape index (κ3) is 4.69. The molecule has 5 nitrogen and oxygen atoms in total. The number of nitrogens with two attached hydrogens (primary N) is 1. The van der Waals surface area contributed by atoms with Crippen LogP contribution in [0.25, 0.3) is 10.8 Å². The number of amides is 1. The molecule has 0 aromatic heterocycles. The topological polar surface area (TPSA) is 70.8 Å². The first-order valence-electron chi connectivity index (χ1n) is 10.0. The average Bonchev–Trinajstić information content (AvgIpc) is 3.40. The Balaban J connectivity index is 2.11. The summed E-state index contributed by atoms with van der Waals surface area (Å²) in [5, 5.41) is 2.13. The summed E-state index contributed by atoms with van der Waals surface area (Å²) in [6.45, 7) is 7.73. The van der Waals surface area contributed by atoms with Crippen molar-refractivity contribution in [3.63, 3.8) is 0 Å². The van der Waals surface area contributed by atoms with Crippen LogP contribution < -0.4 is 10.5 Å². The first kappa shape index (κ1) is 21.9. The van der Waals surface area contributed by atoms with Gasteiger partial charge in [-0.2, -0.15) is 0 Å². The van der Waals surface area contributed by atoms with Crippen LogP contribution in [-0.4, -0.2) is 32.0 Å². The number of benzene rings is 2. The molecule has 1 atom stereocenters. The lowest BCUT2D eigenvalue weighted by Gasteiger charge is -2.38. The van der Waals surface area contributed by atoms with Crippen molar-refractivity contribution >= 4 is 32.8 Å². The number of methoxy groups -OCH3 is 1. The molecule has 2 N–H and O–H groups in total. The number of carbonyl (C=O) groups excluding carboxylic acids is 1. The molecule has 1 aliphatic rings. The molecule has 158 valence electrons. The molecular weight excluding hydrogens is 434 g/mol. The zero-order valence-electron chi connectivity index (χ0n) is 17.6. The highest BCUT2D eigenvalue weighted by Crippen LogP contribution is 2.59. The van der Waals surface area contributed by atoms with Gasteiger partial charge in [0.2, 0.25) is 0 Å². The Morgan fingerprint density at radius 3 is 2.41 bits per heavy atom. The quantitative estimate of drug-likeness (QED) is 0.503. The Morgan fingerprint density at radius 1 is 1.21 bits per heavy atom. The van der Waals surface area contributed by atoms with Gasteiger partial charge in [-0.25, -0.2) is 4.79 Å². The predicted octanol–water partition coefficient (Wildman–Crippen LogP) is 5.78. The van der Waals surface area contributed by atoms with Gasteiger partial charge in [-0.1, -0.05) is 45.0 Å². The largest absolute Gasteiger partial charge is 0.493 e. The SMILES string of the molecule is COCCCOc1cc(C(C(C)(C)C)C2(OC(N)=O)CC2)c(Br)c2ccccc12. The minimum atomic E-state index is -0.718. The molecular formula is C23H30BrNO4. The number of halogens is 1. The van der Waals surface area contributed by atoms with Gasteiger partial charge in [0, 0.05) is 35.9 Å². The Hall–Kier alpha value is -1.79. The van der Waals surface area contributed by atoms with E-state index in [4.69, 9.17) is 19.9 Å². The van der Waals surface area contributed by atoms with Gasteiger partial charge in [0.05, 0.1) is 6.61 Å². The second-order valence-electron chi connectivity index (χ2n) is 8.80. The van der Waals surface area contributed by atoms with Gasteiger partial charge in [0.1, 0.15) is 11.4 Å². The predicted molar refractivity (Wildman–Crippen MR) is 118 cm³/mol. The zero-order valence-corrected chi connectivity index (χ0v) is 19.2. The van der Waals surface area contributed by atoms with Crippen LogP contribution in [0.2, 0.25) is 0 Å². The van der Waals surface area contributed by atoms with Gasteiger partial charge in [0.15, 0.2) is 0 Å². The van der Waals surface area contributed by atoms with Crippen LogP contribution in [-0.2, 0) is 9.47 Å². The van der Waals surface area contributed by atoms with Gasteiger partial charge >= 0.3 is 6.09 Å². The molecule has 2 aromatic rings. The Bertz CT molecular complexity index is 886. The molecule has 2 aromatic carbocycles. The summed E-state index contributed by atoms with van der Waals surface area (Å²) in [5.41, 5.74) is 5.79. The molecule has 29 heavy (non-hydrogen) atoms. The maximum absolute atomic E-state index is 11.6. The fourth-order valence-electron chi connectivity index (χ4n) is 4.35. The standard InChI is InChI=1S/C23H30BrNO4/c1-22(2,3)20(23(10-11-23)29-21(25)26)17-14-18(28-13-7-12-27-4)15-8-5-6-9-16(15)19(17)24/h5-6,8-9,14,20H,7,10-13H2,1-4H3,(H2,25,26). The highest BCUT2D eigenvalue weighted by Gasteiger charge is 2.57. The molecule has 1 unspecified atom stereocenters. The van der Waals surface area contributed by atoms with Crippen molar-refractivity contribution in [3.8, 4) is 5.75 Å². The fraction of sp³-hybridized carbons (Fsp3) is 0.522. The van der Waals surface area contributed by atoms with E-state index in [-0.39, 0.29) is 11.3 Å². The van der Waals surface area contributed by atoms with Crippen LogP contribution in [0.4, 0.5) is 4.79 Å². The van der Waals surface area contributed by atoms with E-state index < -0.39 is 11.7 Å². The highest BCUT2D eigenvalue weighted by molar-refractivity contribution is 9.10. The summed E-state index contributed by atoms with van der Waals surface area (Å²) in [6.07, 6.45) is 1.71. The van der Waals surface area contributed by atoms with E-state index in [0.29, 0.717) is 13.2 Å². The van der Waals surface area contributed by atoms with Crippen LogP contribution in [0.1, 0.15) is 51.5 Å². The lowest BCUT2D eigenvalue weighted by molar-refractivity contribution is 0.0400. The van der Waals surface area contributed by atoms with Crippen molar-refractivity contribution in [2.45, 2.75) is 51.6 Å². The van der Waals surface area contributed by atoms with E-state index in [2.05, 4.69) is 54.9 Å². The zero-order chi connectivity index (χ0) is 21.2. The smallest absolute Gasteiger partial charge is 0.405 e. The lowest BCUT2D eigenvalue weighted by Crippen LogP contribution is -2.37. The Kier molecular flexibility index (Phi) is 6.44. The number of rotatable bonds is 8. The monoisotopic (exact) mass is 463 g/mol. The van der Waals surface area contributed by atoms with Gasteiger partial charge in [-0.3, -0.25) is 0 Å². The van der Waals surface area contributed by atoms with Crippen LogP contribution in [0.3, 0.4) is 0 Å². The summed E-state index contributed by atoms with van der Waals surface area (Å²) in [5.74, 6) is 0.807. The average molecular weight is 464 g/mol. The second-order valence-corrected chi connectivity index (χ2v) is 9.60. The summed E-state index contributed by atoms with van der Waals surface area (Å²) in [7, 11) is 1.69. The number of primary amides is 1. The van der Waals surface area contributed by atoms with Gasteiger partial charge < -0.3 is 19.9 Å². The molecule has 1 fully saturated rings. The molecule has 1 saturated carbocycles. The normalized spacial score (nSPS) is 16.4. The van der Waals surface area contributed by atoms with E-state index in [1.807, 2.05) is 12.1 Å². The van der Waals surface area contributed by atoms with Crippen LogP contribution in [0, 0.1) is 5.41 Å². The molecule has 0 saturated heterocycles. The summed E-state index contributed by atoms with van der Waals surface area (Å²) < 4.78 is 18.0. The van der Waals surface area contributed by atoms with E-state index in [9.17, 15) is 4.79 Å². The molecule has 0 heterocycles.